The molecule has 1 unspecified atom stereocenters. The molecule has 2 N–H and O–H groups in total. The van der Waals surface area contributed by atoms with E-state index in [2.05, 4.69) is 36.6 Å². The van der Waals surface area contributed by atoms with E-state index >= 15 is 0 Å². The number of nitrogens with one attached hydrogen (secondary N) is 2. The van der Waals surface area contributed by atoms with Gasteiger partial charge in [-0.2, -0.15) is 0 Å². The molecule has 3 heteroatoms. The predicted molar refractivity (Wildman–Crippen MR) is 87.5 cm³/mol. The first-order valence-corrected chi connectivity index (χ1v) is 8.19. The number of carbonyl (C=O) groups is 1. The first-order valence-electron chi connectivity index (χ1n) is 8.19. The van der Waals surface area contributed by atoms with Crippen molar-refractivity contribution in [3.05, 3.63) is 24.3 Å². The molecule has 2 aliphatic rings. The molecule has 2 fully saturated rings. The molecule has 2 aliphatic carbocycles. The van der Waals surface area contributed by atoms with Gasteiger partial charge in [0.15, 0.2) is 0 Å². The zero-order chi connectivity index (χ0) is 14.9. The molecule has 0 saturated heterocycles. The topological polar surface area (TPSA) is 41.1 Å². The fourth-order valence-electron chi connectivity index (χ4n) is 3.30. The molecule has 1 aromatic carbocycles. The molecule has 0 bridgehead atoms. The third-order valence-electron chi connectivity index (χ3n) is 4.68. The summed E-state index contributed by atoms with van der Waals surface area (Å²) in [6, 6.07) is 8.71. The lowest BCUT2D eigenvalue weighted by molar-refractivity contribution is -0.117. The molecule has 0 radical (unpaired) electrons. The molecule has 0 spiro atoms. The molecular weight excluding hydrogens is 260 g/mol. The highest BCUT2D eigenvalue weighted by Crippen LogP contribution is 2.36. The van der Waals surface area contributed by atoms with Crippen molar-refractivity contribution in [1.29, 1.82) is 0 Å². The summed E-state index contributed by atoms with van der Waals surface area (Å²) in [6.07, 6.45) is 7.21. The van der Waals surface area contributed by atoms with Crippen LogP contribution in [0.2, 0.25) is 0 Å². The third kappa shape index (κ3) is 3.99. The smallest absolute Gasteiger partial charge is 0.227 e. The number of rotatable bonds is 4. The van der Waals surface area contributed by atoms with E-state index in [0.29, 0.717) is 11.5 Å². The number of anilines is 2. The average Bonchev–Trinajstić information content (AvgIpc) is 3.24. The zero-order valence-corrected chi connectivity index (χ0v) is 13.1. The Hall–Kier alpha value is -1.51. The van der Waals surface area contributed by atoms with Gasteiger partial charge in [-0.25, -0.2) is 0 Å². The van der Waals surface area contributed by atoms with Crippen molar-refractivity contribution < 1.29 is 4.79 Å². The summed E-state index contributed by atoms with van der Waals surface area (Å²) >= 11 is 0. The van der Waals surface area contributed by atoms with Gasteiger partial charge in [-0.3, -0.25) is 4.79 Å². The molecule has 1 amide bonds. The van der Waals surface area contributed by atoms with Crippen LogP contribution < -0.4 is 10.6 Å². The highest BCUT2D eigenvalue weighted by atomic mass is 16.2. The fraction of sp³-hybridized carbons (Fsp3) is 0.611. The first-order chi connectivity index (χ1) is 10.0. The van der Waals surface area contributed by atoms with Crippen molar-refractivity contribution in [2.75, 3.05) is 10.6 Å². The second kappa shape index (κ2) is 5.70. The quantitative estimate of drug-likeness (QED) is 0.860. The van der Waals surface area contributed by atoms with Crippen LogP contribution in [0, 0.1) is 11.3 Å². The van der Waals surface area contributed by atoms with Crippen LogP contribution in [-0.2, 0) is 4.79 Å². The van der Waals surface area contributed by atoms with E-state index in [9.17, 15) is 4.79 Å². The fourth-order valence-corrected chi connectivity index (χ4v) is 3.30. The summed E-state index contributed by atoms with van der Waals surface area (Å²) in [6.45, 7) is 4.72. The van der Waals surface area contributed by atoms with Crippen molar-refractivity contribution in [3.8, 4) is 0 Å². The average molecular weight is 286 g/mol. The van der Waals surface area contributed by atoms with Crippen LogP contribution in [0.5, 0.6) is 0 Å². The van der Waals surface area contributed by atoms with Crippen LogP contribution in [0.25, 0.3) is 0 Å². The van der Waals surface area contributed by atoms with E-state index in [1.165, 1.54) is 25.7 Å². The van der Waals surface area contributed by atoms with E-state index in [1.807, 2.05) is 12.1 Å². The van der Waals surface area contributed by atoms with Gasteiger partial charge in [-0.15, -0.1) is 0 Å². The molecule has 21 heavy (non-hydrogen) atoms. The highest BCUT2D eigenvalue weighted by Gasteiger charge is 2.29. The molecule has 3 rings (SSSR count). The Balaban J connectivity index is 1.55. The number of carbonyl (C=O) groups excluding carboxylic acids is 1. The maximum Gasteiger partial charge on any atom is 0.227 e. The van der Waals surface area contributed by atoms with Crippen molar-refractivity contribution in [3.63, 3.8) is 0 Å². The predicted octanol–water partition coefficient (Wildman–Crippen LogP) is 4.42. The zero-order valence-electron chi connectivity index (χ0n) is 13.1. The highest BCUT2D eigenvalue weighted by molar-refractivity contribution is 5.94. The van der Waals surface area contributed by atoms with Gasteiger partial charge in [0.1, 0.15) is 0 Å². The van der Waals surface area contributed by atoms with E-state index in [4.69, 9.17) is 0 Å². The van der Waals surface area contributed by atoms with Gasteiger partial charge in [0.05, 0.1) is 0 Å². The largest absolute Gasteiger partial charge is 0.382 e. The van der Waals surface area contributed by atoms with Crippen molar-refractivity contribution in [2.24, 2.45) is 11.3 Å². The Morgan fingerprint density at radius 1 is 1.10 bits per heavy atom. The SMILES string of the molecule is CC1(C)CCCC(Nc2ccc(NC(=O)C3CC3)cc2)C1. The Morgan fingerprint density at radius 2 is 1.76 bits per heavy atom. The van der Waals surface area contributed by atoms with Crippen molar-refractivity contribution in [2.45, 2.75) is 58.4 Å². The van der Waals surface area contributed by atoms with E-state index < -0.39 is 0 Å². The minimum absolute atomic E-state index is 0.171. The number of hydrogen-bond donors (Lipinski definition) is 2. The lowest BCUT2D eigenvalue weighted by Gasteiger charge is -2.36. The van der Waals surface area contributed by atoms with Gasteiger partial charge in [0.25, 0.3) is 0 Å². The van der Waals surface area contributed by atoms with Crippen LogP contribution >= 0.6 is 0 Å². The van der Waals surface area contributed by atoms with Crippen LogP contribution in [0.3, 0.4) is 0 Å². The monoisotopic (exact) mass is 286 g/mol. The molecule has 114 valence electrons. The maximum absolute atomic E-state index is 11.7. The summed E-state index contributed by atoms with van der Waals surface area (Å²) in [4.78, 5) is 11.7. The minimum Gasteiger partial charge on any atom is -0.382 e. The molecule has 0 aliphatic heterocycles. The minimum atomic E-state index is 0.171. The van der Waals surface area contributed by atoms with Crippen LogP contribution in [0.15, 0.2) is 24.3 Å². The number of hydrogen-bond acceptors (Lipinski definition) is 2. The van der Waals surface area contributed by atoms with Gasteiger partial charge < -0.3 is 10.6 Å². The molecule has 1 atom stereocenters. The third-order valence-corrected chi connectivity index (χ3v) is 4.68. The second-order valence-corrected chi connectivity index (χ2v) is 7.44. The summed E-state index contributed by atoms with van der Waals surface area (Å²) in [7, 11) is 0. The molecule has 0 aromatic heterocycles. The Morgan fingerprint density at radius 3 is 2.38 bits per heavy atom. The molecule has 1 aromatic rings. The summed E-state index contributed by atoms with van der Waals surface area (Å²) in [5, 5.41) is 6.62. The molecule has 3 nitrogen and oxygen atoms in total. The Bertz CT molecular complexity index is 502. The van der Waals surface area contributed by atoms with E-state index in [0.717, 1.165) is 24.2 Å². The van der Waals surface area contributed by atoms with Gasteiger partial charge in [-0.1, -0.05) is 20.3 Å². The van der Waals surface area contributed by atoms with E-state index in [-0.39, 0.29) is 11.8 Å². The second-order valence-electron chi connectivity index (χ2n) is 7.44. The molecule has 2 saturated carbocycles. The van der Waals surface area contributed by atoms with Crippen molar-refractivity contribution in [1.82, 2.24) is 0 Å². The summed E-state index contributed by atoms with van der Waals surface area (Å²) in [5.41, 5.74) is 2.51. The lowest BCUT2D eigenvalue weighted by Crippen LogP contribution is -2.31. The summed E-state index contributed by atoms with van der Waals surface area (Å²) in [5.74, 6) is 0.428. The van der Waals surface area contributed by atoms with Crippen LogP contribution in [0.4, 0.5) is 11.4 Å². The van der Waals surface area contributed by atoms with Crippen LogP contribution in [0.1, 0.15) is 52.4 Å². The van der Waals surface area contributed by atoms with Crippen molar-refractivity contribution >= 4 is 17.3 Å². The normalized spacial score (nSPS) is 24.4. The van der Waals surface area contributed by atoms with Gasteiger partial charge in [0.2, 0.25) is 5.91 Å². The Labute approximate surface area is 127 Å². The molecular formula is C18H26N2O. The standard InChI is InChI=1S/C18H26N2O/c1-18(2)11-3-4-16(12-18)19-14-7-9-15(10-8-14)20-17(21)13-5-6-13/h7-10,13,16,19H,3-6,11-12H2,1-2H3,(H,20,21). The maximum atomic E-state index is 11.7. The Kier molecular flexibility index (Phi) is 3.92. The van der Waals surface area contributed by atoms with Crippen LogP contribution in [-0.4, -0.2) is 11.9 Å². The molecule has 0 heterocycles. The van der Waals surface area contributed by atoms with Gasteiger partial charge in [0, 0.05) is 23.3 Å². The number of benzene rings is 1. The first kappa shape index (κ1) is 14.4. The number of amides is 1. The van der Waals surface area contributed by atoms with Gasteiger partial charge in [-0.05, 0) is 61.8 Å². The summed E-state index contributed by atoms with van der Waals surface area (Å²) < 4.78 is 0. The van der Waals surface area contributed by atoms with Gasteiger partial charge >= 0.3 is 0 Å². The lowest BCUT2D eigenvalue weighted by atomic mass is 9.75. The van der Waals surface area contributed by atoms with E-state index in [1.54, 1.807) is 0 Å².